The average Bonchev–Trinajstić information content (AvgIpc) is 3.12. The van der Waals surface area contributed by atoms with Gasteiger partial charge >= 0.3 is 5.97 Å². The second-order valence-corrected chi connectivity index (χ2v) is 5.30. The smallest absolute Gasteiger partial charge is 0.326 e. The highest BCUT2D eigenvalue weighted by molar-refractivity contribution is 5.82. The standard InChI is InChI=1S/C11H12N2O5.C6H4/c1-7(14)12-10(11(15)16)6-8-3-2-4-9(5-8)13(17)18;1-2-5-4-6(5)3-1/h2-5,10H,6H2,1H3,(H,12,14)(H,15,16);1-4H. The van der Waals surface area contributed by atoms with Crippen LogP contribution in [0.5, 0.6) is 0 Å². The minimum Gasteiger partial charge on any atom is -0.480 e. The summed E-state index contributed by atoms with van der Waals surface area (Å²) < 4.78 is 0. The number of non-ortho nitro benzene ring substituents is 1. The molecule has 2 N–H and O–H groups in total. The third-order valence-corrected chi connectivity index (χ3v) is 3.35. The third kappa shape index (κ3) is 4.91. The molecule has 0 spiro atoms. The van der Waals surface area contributed by atoms with Gasteiger partial charge in [-0.05, 0) is 22.8 Å². The van der Waals surface area contributed by atoms with Gasteiger partial charge in [0, 0.05) is 25.5 Å². The van der Waals surface area contributed by atoms with Crippen LogP contribution in [0.15, 0.2) is 48.5 Å². The van der Waals surface area contributed by atoms with Crippen LogP contribution in [0.1, 0.15) is 12.5 Å². The fraction of sp³-hybridized carbons (Fsp3) is 0.176. The number of rotatable bonds is 5. The Hall–Kier alpha value is -3.22. The Morgan fingerprint density at radius 2 is 1.79 bits per heavy atom. The Morgan fingerprint density at radius 1 is 1.17 bits per heavy atom. The van der Waals surface area contributed by atoms with Gasteiger partial charge in [-0.3, -0.25) is 14.9 Å². The first-order valence-corrected chi connectivity index (χ1v) is 7.20. The van der Waals surface area contributed by atoms with Gasteiger partial charge in [0.15, 0.2) is 0 Å². The molecule has 0 aromatic heterocycles. The van der Waals surface area contributed by atoms with E-state index in [2.05, 4.69) is 29.6 Å². The maximum Gasteiger partial charge on any atom is 0.326 e. The van der Waals surface area contributed by atoms with Crippen molar-refractivity contribution in [3.05, 3.63) is 64.2 Å². The first kappa shape index (κ1) is 17.1. The average molecular weight is 328 g/mol. The number of carboxylic acid groups (broad SMARTS) is 1. The van der Waals surface area contributed by atoms with Crippen LogP contribution >= 0.6 is 0 Å². The second kappa shape index (κ2) is 7.36. The highest BCUT2D eigenvalue weighted by Crippen LogP contribution is 2.32. The molecular weight excluding hydrogens is 312 g/mol. The zero-order valence-electron chi connectivity index (χ0n) is 12.9. The number of hydrogen-bond donors (Lipinski definition) is 2. The summed E-state index contributed by atoms with van der Waals surface area (Å²) in [5.41, 5.74) is 3.22. The SMILES string of the molecule is CC(=O)NC(Cc1cccc([N+](=O)[O-])c1)C(=O)O.c1cc2cc-2c1. The van der Waals surface area contributed by atoms with Crippen molar-refractivity contribution in [3.8, 4) is 11.1 Å². The molecule has 2 aliphatic carbocycles. The molecule has 124 valence electrons. The predicted molar refractivity (Wildman–Crippen MR) is 87.5 cm³/mol. The largest absolute Gasteiger partial charge is 0.480 e. The normalized spacial score (nSPS) is 11.5. The number of fused-ring (bicyclic) bond motifs is 1. The number of nitro benzene ring substituents is 1. The second-order valence-electron chi connectivity index (χ2n) is 5.30. The predicted octanol–water partition coefficient (Wildman–Crippen LogP) is 2.39. The van der Waals surface area contributed by atoms with E-state index >= 15 is 0 Å². The number of carbonyl (C=O) groups excluding carboxylic acids is 1. The summed E-state index contributed by atoms with van der Waals surface area (Å²) in [5, 5.41) is 21.8. The van der Waals surface area contributed by atoms with Gasteiger partial charge in [0.25, 0.3) is 5.69 Å². The summed E-state index contributed by atoms with van der Waals surface area (Å²) >= 11 is 0. The Kier molecular flexibility index (Phi) is 5.26. The van der Waals surface area contributed by atoms with Crippen molar-refractivity contribution in [3.63, 3.8) is 0 Å². The third-order valence-electron chi connectivity index (χ3n) is 3.35. The molecule has 0 saturated carbocycles. The van der Waals surface area contributed by atoms with Crippen LogP contribution in [0.2, 0.25) is 0 Å². The molecule has 0 fully saturated rings. The number of carboxylic acids is 1. The minimum atomic E-state index is -1.18. The van der Waals surface area contributed by atoms with E-state index in [-0.39, 0.29) is 12.1 Å². The number of hydrogen-bond acceptors (Lipinski definition) is 4. The first-order valence-electron chi connectivity index (χ1n) is 7.20. The molecule has 0 heterocycles. The molecule has 1 unspecified atom stereocenters. The van der Waals surface area contributed by atoms with Gasteiger partial charge in [-0.25, -0.2) is 4.79 Å². The van der Waals surface area contributed by atoms with Crippen molar-refractivity contribution in [2.75, 3.05) is 0 Å². The van der Waals surface area contributed by atoms with E-state index in [9.17, 15) is 19.7 Å². The van der Waals surface area contributed by atoms with Crippen molar-refractivity contribution in [2.45, 2.75) is 19.4 Å². The summed E-state index contributed by atoms with van der Waals surface area (Å²) in [7, 11) is 0. The number of benzene rings is 2. The monoisotopic (exact) mass is 328 g/mol. The van der Waals surface area contributed by atoms with Gasteiger partial charge in [-0.2, -0.15) is 0 Å². The van der Waals surface area contributed by atoms with Crippen molar-refractivity contribution in [1.82, 2.24) is 5.32 Å². The maximum absolute atomic E-state index is 10.9. The number of carbonyl (C=O) groups is 2. The van der Waals surface area contributed by atoms with Gasteiger partial charge in [-0.15, -0.1) is 0 Å². The number of nitrogens with one attached hydrogen (secondary N) is 1. The summed E-state index contributed by atoms with van der Waals surface area (Å²) in [5.74, 6) is -1.65. The number of aliphatic carboxylic acids is 1. The maximum atomic E-state index is 10.9. The number of nitrogens with zero attached hydrogens (tertiary/aromatic N) is 1. The lowest BCUT2D eigenvalue weighted by atomic mass is 10.1. The van der Waals surface area contributed by atoms with Gasteiger partial charge in [0.05, 0.1) is 4.92 Å². The number of amides is 1. The molecule has 2 aliphatic rings. The zero-order valence-corrected chi connectivity index (χ0v) is 12.9. The highest BCUT2D eigenvalue weighted by Gasteiger charge is 2.19. The van der Waals surface area contributed by atoms with Crippen LogP contribution in [-0.4, -0.2) is 27.9 Å². The summed E-state index contributed by atoms with van der Waals surface area (Å²) in [4.78, 5) is 31.8. The molecule has 1 aromatic rings. The summed E-state index contributed by atoms with van der Waals surface area (Å²) in [6.45, 7) is 1.21. The topological polar surface area (TPSA) is 110 Å². The van der Waals surface area contributed by atoms with E-state index in [0.29, 0.717) is 5.56 Å². The van der Waals surface area contributed by atoms with E-state index < -0.39 is 22.8 Å². The molecule has 0 aliphatic heterocycles. The van der Waals surface area contributed by atoms with Crippen LogP contribution in [-0.2, 0) is 16.0 Å². The Bertz CT molecular complexity index is 771. The lowest BCUT2D eigenvalue weighted by molar-refractivity contribution is -0.384. The van der Waals surface area contributed by atoms with E-state index in [1.54, 1.807) is 6.07 Å². The van der Waals surface area contributed by atoms with Crippen LogP contribution in [0.4, 0.5) is 5.69 Å². The first-order chi connectivity index (χ1) is 11.4. The molecule has 7 heteroatoms. The molecule has 3 rings (SSSR count). The quantitative estimate of drug-likeness (QED) is 0.552. The van der Waals surface area contributed by atoms with E-state index in [1.165, 1.54) is 36.2 Å². The van der Waals surface area contributed by atoms with Crippen LogP contribution in [0.25, 0.3) is 11.1 Å². The van der Waals surface area contributed by atoms with Crippen LogP contribution < -0.4 is 5.32 Å². The lowest BCUT2D eigenvalue weighted by Gasteiger charge is -2.12. The van der Waals surface area contributed by atoms with Crippen molar-refractivity contribution >= 4 is 17.6 Å². The van der Waals surface area contributed by atoms with Crippen molar-refractivity contribution in [2.24, 2.45) is 0 Å². The fourth-order valence-electron chi connectivity index (χ4n) is 2.15. The van der Waals surface area contributed by atoms with Crippen molar-refractivity contribution < 1.29 is 19.6 Å². The van der Waals surface area contributed by atoms with Gasteiger partial charge in [-0.1, -0.05) is 30.3 Å². The molecular formula is C17H16N2O5. The summed E-state index contributed by atoms with van der Waals surface area (Å²) in [6, 6.07) is 13.0. The Morgan fingerprint density at radius 3 is 2.21 bits per heavy atom. The van der Waals surface area contributed by atoms with Gasteiger partial charge in [0.1, 0.15) is 6.04 Å². The molecule has 7 nitrogen and oxygen atoms in total. The minimum absolute atomic E-state index is 0.00338. The van der Waals surface area contributed by atoms with Crippen LogP contribution in [0, 0.1) is 10.1 Å². The fourth-order valence-corrected chi connectivity index (χ4v) is 2.15. The molecule has 0 bridgehead atoms. The number of nitro groups is 1. The molecule has 0 saturated heterocycles. The van der Waals surface area contributed by atoms with Crippen LogP contribution in [0.3, 0.4) is 0 Å². The molecule has 1 amide bonds. The highest BCUT2D eigenvalue weighted by atomic mass is 16.6. The lowest BCUT2D eigenvalue weighted by Crippen LogP contribution is -2.41. The van der Waals surface area contributed by atoms with Gasteiger partial charge < -0.3 is 10.4 Å². The Labute approximate surface area is 138 Å². The zero-order chi connectivity index (χ0) is 17.7. The van der Waals surface area contributed by atoms with E-state index in [0.717, 1.165) is 0 Å². The molecule has 24 heavy (non-hydrogen) atoms. The summed E-state index contributed by atoms with van der Waals surface area (Å²) in [6.07, 6.45) is -0.00338. The Balaban J connectivity index is 0.000000282. The van der Waals surface area contributed by atoms with E-state index in [1.807, 2.05) is 0 Å². The van der Waals surface area contributed by atoms with E-state index in [4.69, 9.17) is 5.11 Å². The molecule has 1 aromatic carbocycles. The molecule has 1 atom stereocenters. The van der Waals surface area contributed by atoms with Gasteiger partial charge in [0.2, 0.25) is 5.91 Å². The van der Waals surface area contributed by atoms with Crippen molar-refractivity contribution in [1.29, 1.82) is 0 Å². The molecule has 0 radical (unpaired) electrons.